The van der Waals surface area contributed by atoms with E-state index in [-0.39, 0.29) is 0 Å². The lowest BCUT2D eigenvalue weighted by atomic mass is 10.2. The molecule has 1 unspecified atom stereocenters. The molecular formula is C14H19N3O2. The van der Waals surface area contributed by atoms with Crippen LogP contribution in [0.1, 0.15) is 5.56 Å². The highest BCUT2D eigenvalue weighted by Gasteiger charge is 2.05. The van der Waals surface area contributed by atoms with Crippen molar-refractivity contribution in [2.75, 3.05) is 13.7 Å². The van der Waals surface area contributed by atoms with Gasteiger partial charge in [-0.2, -0.15) is 5.10 Å². The van der Waals surface area contributed by atoms with Crippen LogP contribution in [0.15, 0.2) is 42.7 Å². The van der Waals surface area contributed by atoms with Gasteiger partial charge in [0.15, 0.2) is 0 Å². The fraction of sp³-hybridized carbons (Fsp3) is 0.357. The van der Waals surface area contributed by atoms with Gasteiger partial charge in [0, 0.05) is 25.5 Å². The van der Waals surface area contributed by atoms with Gasteiger partial charge in [0.1, 0.15) is 5.75 Å². The molecule has 2 rings (SSSR count). The molecule has 1 atom stereocenters. The van der Waals surface area contributed by atoms with E-state index >= 15 is 0 Å². The molecular weight excluding hydrogens is 242 g/mol. The van der Waals surface area contributed by atoms with Crippen LogP contribution in [0, 0.1) is 0 Å². The minimum absolute atomic E-state index is 0.453. The molecule has 19 heavy (non-hydrogen) atoms. The molecule has 0 aliphatic carbocycles. The molecule has 5 heteroatoms. The summed E-state index contributed by atoms with van der Waals surface area (Å²) in [6.45, 7) is 1.72. The first-order valence-corrected chi connectivity index (χ1v) is 6.27. The van der Waals surface area contributed by atoms with Crippen LogP contribution in [-0.4, -0.2) is 34.6 Å². The van der Waals surface area contributed by atoms with E-state index in [9.17, 15) is 5.11 Å². The normalized spacial score (nSPS) is 12.3. The lowest BCUT2D eigenvalue weighted by Gasteiger charge is -2.12. The molecule has 102 valence electrons. The SMILES string of the molecule is COc1cccc(CNCC(O)Cn2cccn2)c1. The number of methoxy groups -OCH3 is 1. The Morgan fingerprint density at radius 1 is 1.42 bits per heavy atom. The fourth-order valence-electron chi connectivity index (χ4n) is 1.85. The number of hydrogen-bond acceptors (Lipinski definition) is 4. The number of aromatic nitrogens is 2. The van der Waals surface area contributed by atoms with Crippen molar-refractivity contribution in [2.45, 2.75) is 19.2 Å². The van der Waals surface area contributed by atoms with Gasteiger partial charge in [-0.25, -0.2) is 0 Å². The monoisotopic (exact) mass is 261 g/mol. The maximum atomic E-state index is 9.85. The Balaban J connectivity index is 1.73. The highest BCUT2D eigenvalue weighted by molar-refractivity contribution is 5.28. The van der Waals surface area contributed by atoms with E-state index in [1.807, 2.05) is 36.5 Å². The Kier molecular flexibility index (Phi) is 4.94. The number of nitrogens with zero attached hydrogens (tertiary/aromatic N) is 2. The summed E-state index contributed by atoms with van der Waals surface area (Å²) in [5.41, 5.74) is 1.13. The van der Waals surface area contributed by atoms with Crippen molar-refractivity contribution in [1.82, 2.24) is 15.1 Å². The van der Waals surface area contributed by atoms with Gasteiger partial charge in [0.05, 0.1) is 19.8 Å². The van der Waals surface area contributed by atoms with E-state index < -0.39 is 6.10 Å². The molecule has 0 aliphatic rings. The van der Waals surface area contributed by atoms with Gasteiger partial charge in [-0.15, -0.1) is 0 Å². The van der Waals surface area contributed by atoms with Gasteiger partial charge in [-0.05, 0) is 23.8 Å². The maximum Gasteiger partial charge on any atom is 0.119 e. The Bertz CT molecular complexity index is 485. The first-order valence-electron chi connectivity index (χ1n) is 6.27. The summed E-state index contributed by atoms with van der Waals surface area (Å²) in [6, 6.07) is 9.71. The van der Waals surface area contributed by atoms with Crippen molar-refractivity contribution >= 4 is 0 Å². The van der Waals surface area contributed by atoms with Gasteiger partial charge in [-0.1, -0.05) is 12.1 Å². The maximum absolute atomic E-state index is 9.85. The number of rotatable bonds is 7. The van der Waals surface area contributed by atoms with Crippen LogP contribution < -0.4 is 10.1 Å². The van der Waals surface area contributed by atoms with Gasteiger partial charge < -0.3 is 15.2 Å². The third-order valence-corrected chi connectivity index (χ3v) is 2.80. The summed E-state index contributed by atoms with van der Waals surface area (Å²) in [6.07, 6.45) is 3.09. The van der Waals surface area contributed by atoms with Crippen LogP contribution in [0.2, 0.25) is 0 Å². The van der Waals surface area contributed by atoms with Crippen molar-refractivity contribution in [3.63, 3.8) is 0 Å². The van der Waals surface area contributed by atoms with Crippen LogP contribution in [0.5, 0.6) is 5.75 Å². The number of aliphatic hydroxyl groups is 1. The van der Waals surface area contributed by atoms with Crippen molar-refractivity contribution in [3.8, 4) is 5.75 Å². The highest BCUT2D eigenvalue weighted by atomic mass is 16.5. The van der Waals surface area contributed by atoms with Crippen LogP contribution >= 0.6 is 0 Å². The minimum atomic E-state index is -0.453. The number of ether oxygens (including phenoxy) is 1. The standard InChI is InChI=1S/C14H19N3O2/c1-19-14-5-2-4-12(8-14)9-15-10-13(18)11-17-7-3-6-16-17/h2-8,13,15,18H,9-11H2,1H3. The van der Waals surface area contributed by atoms with E-state index in [4.69, 9.17) is 4.74 Å². The first-order chi connectivity index (χ1) is 9.28. The Labute approximate surface area is 112 Å². The lowest BCUT2D eigenvalue weighted by Crippen LogP contribution is -2.30. The van der Waals surface area contributed by atoms with Crippen LogP contribution in [-0.2, 0) is 13.1 Å². The molecule has 0 fully saturated rings. The Morgan fingerprint density at radius 3 is 3.05 bits per heavy atom. The molecule has 0 bridgehead atoms. The summed E-state index contributed by atoms with van der Waals surface area (Å²) < 4.78 is 6.88. The quantitative estimate of drug-likeness (QED) is 0.782. The van der Waals surface area contributed by atoms with E-state index in [2.05, 4.69) is 10.4 Å². The third-order valence-electron chi connectivity index (χ3n) is 2.80. The van der Waals surface area contributed by atoms with Crippen LogP contribution in [0.3, 0.4) is 0 Å². The van der Waals surface area contributed by atoms with Crippen molar-refractivity contribution in [2.24, 2.45) is 0 Å². The zero-order valence-corrected chi connectivity index (χ0v) is 11.0. The molecule has 0 saturated carbocycles. The van der Waals surface area contributed by atoms with Gasteiger partial charge in [0.25, 0.3) is 0 Å². The summed E-state index contributed by atoms with van der Waals surface area (Å²) in [5.74, 6) is 0.844. The van der Waals surface area contributed by atoms with Crippen LogP contribution in [0.25, 0.3) is 0 Å². The lowest BCUT2D eigenvalue weighted by molar-refractivity contribution is 0.146. The highest BCUT2D eigenvalue weighted by Crippen LogP contribution is 2.12. The number of benzene rings is 1. The molecule has 5 nitrogen and oxygen atoms in total. The smallest absolute Gasteiger partial charge is 0.119 e. The molecule has 0 saturated heterocycles. The number of nitrogens with one attached hydrogen (secondary N) is 1. The van der Waals surface area contributed by atoms with Gasteiger partial charge in [0.2, 0.25) is 0 Å². The summed E-state index contributed by atoms with van der Waals surface area (Å²) in [4.78, 5) is 0. The fourth-order valence-corrected chi connectivity index (χ4v) is 1.85. The van der Waals surface area contributed by atoms with E-state index in [0.717, 1.165) is 11.3 Å². The zero-order chi connectivity index (χ0) is 13.5. The molecule has 1 heterocycles. The minimum Gasteiger partial charge on any atom is -0.497 e. The summed E-state index contributed by atoms with van der Waals surface area (Å²) >= 11 is 0. The third kappa shape index (κ3) is 4.39. The second-order valence-electron chi connectivity index (χ2n) is 4.36. The molecule has 0 aliphatic heterocycles. The predicted octanol–water partition coefficient (Wildman–Crippen LogP) is 1.04. The zero-order valence-electron chi connectivity index (χ0n) is 11.0. The molecule has 2 N–H and O–H groups in total. The van der Waals surface area contributed by atoms with Crippen molar-refractivity contribution in [3.05, 3.63) is 48.3 Å². The topological polar surface area (TPSA) is 59.3 Å². The summed E-state index contributed by atoms with van der Waals surface area (Å²) in [7, 11) is 1.65. The second-order valence-corrected chi connectivity index (χ2v) is 4.36. The first kappa shape index (κ1) is 13.6. The molecule has 2 aromatic rings. The van der Waals surface area contributed by atoms with Gasteiger partial charge in [-0.3, -0.25) is 4.68 Å². The molecule has 1 aromatic carbocycles. The largest absolute Gasteiger partial charge is 0.497 e. The summed E-state index contributed by atoms with van der Waals surface area (Å²) in [5, 5.41) is 17.1. The van der Waals surface area contributed by atoms with Crippen LogP contribution in [0.4, 0.5) is 0 Å². The van der Waals surface area contributed by atoms with E-state index in [1.165, 1.54) is 0 Å². The van der Waals surface area contributed by atoms with Crippen molar-refractivity contribution < 1.29 is 9.84 Å². The average molecular weight is 261 g/mol. The van der Waals surface area contributed by atoms with Gasteiger partial charge >= 0.3 is 0 Å². The number of hydrogen-bond donors (Lipinski definition) is 2. The number of aliphatic hydroxyl groups excluding tert-OH is 1. The van der Waals surface area contributed by atoms with Crippen molar-refractivity contribution in [1.29, 1.82) is 0 Å². The Hall–Kier alpha value is -1.85. The second kappa shape index (κ2) is 6.92. The molecule has 0 radical (unpaired) electrons. The van der Waals surface area contributed by atoms with E-state index in [1.54, 1.807) is 18.0 Å². The molecule has 1 aromatic heterocycles. The average Bonchev–Trinajstić information content (AvgIpc) is 2.92. The molecule has 0 spiro atoms. The molecule has 0 amide bonds. The Morgan fingerprint density at radius 2 is 2.32 bits per heavy atom. The predicted molar refractivity (Wildman–Crippen MR) is 72.9 cm³/mol. The van der Waals surface area contributed by atoms with E-state index in [0.29, 0.717) is 19.6 Å².